The minimum absolute atomic E-state index is 0.0597. The summed E-state index contributed by atoms with van der Waals surface area (Å²) in [6.45, 7) is 4.86. The van der Waals surface area contributed by atoms with Gasteiger partial charge in [0.05, 0.1) is 45.7 Å². The molecule has 39 heavy (non-hydrogen) atoms. The molecule has 10 heteroatoms. The Morgan fingerprint density at radius 3 is 2.46 bits per heavy atom. The van der Waals surface area contributed by atoms with Crippen molar-refractivity contribution in [2.24, 2.45) is 22.7 Å². The maximum Gasteiger partial charge on any atom is 0.339 e. The van der Waals surface area contributed by atoms with Crippen LogP contribution in [0.1, 0.15) is 71.9 Å². The molecule has 0 radical (unpaired) electrons. The highest BCUT2D eigenvalue weighted by Crippen LogP contribution is 2.70. The summed E-state index contributed by atoms with van der Waals surface area (Å²) in [4.78, 5) is 27.4. The average Bonchev–Trinajstić information content (AvgIpc) is 3.58. The number of sulfonamides is 1. The number of carbonyl (C=O) groups is 2. The van der Waals surface area contributed by atoms with Gasteiger partial charge >= 0.3 is 5.97 Å². The van der Waals surface area contributed by atoms with Crippen LogP contribution in [0, 0.1) is 22.7 Å². The van der Waals surface area contributed by atoms with Crippen LogP contribution in [-0.4, -0.2) is 49.6 Å². The highest BCUT2D eigenvalue weighted by molar-refractivity contribution is 7.90. The van der Waals surface area contributed by atoms with Crippen molar-refractivity contribution in [3.05, 3.63) is 69.2 Å². The number of halogens is 2. The maximum absolute atomic E-state index is 14.0. The van der Waals surface area contributed by atoms with E-state index in [0.29, 0.717) is 25.4 Å². The molecule has 2 aromatic rings. The second-order valence-corrected chi connectivity index (χ2v) is 14.5. The Balaban J connectivity index is 1.28. The lowest BCUT2D eigenvalue weighted by atomic mass is 9.69. The monoisotopic (exact) mass is 591 g/mol. The summed E-state index contributed by atoms with van der Waals surface area (Å²) in [5, 5.41) is 0.137. The second kappa shape index (κ2) is 9.47. The van der Waals surface area contributed by atoms with Gasteiger partial charge in [-0.3, -0.25) is 4.79 Å². The van der Waals surface area contributed by atoms with Gasteiger partial charge < -0.3 is 9.47 Å². The summed E-state index contributed by atoms with van der Waals surface area (Å²) in [5.74, 6) is -1.29. The highest BCUT2D eigenvalue weighted by atomic mass is 35.5. The van der Waals surface area contributed by atoms with Gasteiger partial charge in [0.1, 0.15) is 0 Å². The molecule has 0 aromatic heterocycles. The molecule has 2 saturated heterocycles. The standard InChI is InChI=1S/C29H31Cl2NO6S/c1-28(2)19-8-10-29(28)16-39(35,36)32(24(29)12-19)26(33)20-13-22(30)23(31)14-21(20)27(34)38-15-18-9-11-37-25(18)17-6-4-3-5-7-17/h3-7,13-14,18-19,24-25H,8-12,15-16H2,1-2H3/t18-,19+,24+,25+,29+/m0/s1. The van der Waals surface area contributed by atoms with E-state index in [9.17, 15) is 18.0 Å². The molecule has 7 nitrogen and oxygen atoms in total. The molecule has 2 aliphatic carbocycles. The van der Waals surface area contributed by atoms with Crippen LogP contribution >= 0.6 is 23.2 Å². The van der Waals surface area contributed by atoms with Gasteiger partial charge in [0.2, 0.25) is 10.0 Å². The minimum Gasteiger partial charge on any atom is -0.462 e. The first-order valence-electron chi connectivity index (χ1n) is 13.4. The van der Waals surface area contributed by atoms with Crippen LogP contribution in [0.3, 0.4) is 0 Å². The molecular formula is C29H31Cl2NO6S. The number of rotatable bonds is 5. The van der Waals surface area contributed by atoms with Crippen LogP contribution < -0.4 is 0 Å². The number of esters is 1. The number of benzene rings is 2. The third-order valence-electron chi connectivity index (χ3n) is 9.89. The van der Waals surface area contributed by atoms with Crippen LogP contribution in [0.4, 0.5) is 0 Å². The molecule has 1 amide bonds. The van der Waals surface area contributed by atoms with Gasteiger partial charge in [0, 0.05) is 17.9 Å². The number of amides is 1. The number of nitrogens with zero attached hydrogens (tertiary/aromatic N) is 1. The molecule has 2 aromatic carbocycles. The molecule has 4 fully saturated rings. The molecule has 0 N–H and O–H groups in total. The molecule has 2 saturated carbocycles. The lowest BCUT2D eigenvalue weighted by Gasteiger charge is -2.37. The quantitative estimate of drug-likeness (QED) is 0.401. The van der Waals surface area contributed by atoms with E-state index in [0.717, 1.165) is 22.7 Å². The van der Waals surface area contributed by atoms with Gasteiger partial charge in [-0.2, -0.15) is 0 Å². The molecule has 208 valence electrons. The Kier molecular flexibility index (Phi) is 6.57. The Morgan fingerprint density at radius 2 is 1.77 bits per heavy atom. The van der Waals surface area contributed by atoms with Gasteiger partial charge in [-0.25, -0.2) is 17.5 Å². The molecule has 2 heterocycles. The van der Waals surface area contributed by atoms with Crippen LogP contribution in [0.15, 0.2) is 42.5 Å². The van der Waals surface area contributed by atoms with Gasteiger partial charge in [-0.15, -0.1) is 0 Å². The second-order valence-electron chi connectivity index (χ2n) is 11.9. The zero-order chi connectivity index (χ0) is 27.7. The molecule has 2 aliphatic heterocycles. The van der Waals surface area contributed by atoms with E-state index in [4.69, 9.17) is 32.7 Å². The largest absolute Gasteiger partial charge is 0.462 e. The first-order valence-corrected chi connectivity index (χ1v) is 15.7. The lowest BCUT2D eigenvalue weighted by Crippen LogP contribution is -2.44. The zero-order valence-corrected chi connectivity index (χ0v) is 24.2. The van der Waals surface area contributed by atoms with Crippen molar-refractivity contribution < 1.29 is 27.5 Å². The van der Waals surface area contributed by atoms with Crippen molar-refractivity contribution >= 4 is 45.1 Å². The summed E-state index contributed by atoms with van der Waals surface area (Å²) >= 11 is 12.5. The zero-order valence-electron chi connectivity index (χ0n) is 21.9. The summed E-state index contributed by atoms with van der Waals surface area (Å²) in [5.41, 5.74) is 0.111. The fourth-order valence-corrected chi connectivity index (χ4v) is 10.5. The van der Waals surface area contributed by atoms with Crippen molar-refractivity contribution in [2.75, 3.05) is 19.0 Å². The summed E-state index contributed by atoms with van der Waals surface area (Å²) < 4.78 is 39.6. The molecule has 2 bridgehead atoms. The van der Waals surface area contributed by atoms with E-state index in [2.05, 4.69) is 13.8 Å². The SMILES string of the molecule is CC1(C)[C@@H]2CC[C@]13CS(=O)(=O)N(C(=O)c1cc(Cl)c(Cl)cc1C(=O)OC[C@@H]1CCO[C@@H]1c1ccccc1)[C@@H]3C2. The van der Waals surface area contributed by atoms with E-state index in [1.165, 1.54) is 12.1 Å². The van der Waals surface area contributed by atoms with Crippen LogP contribution in [-0.2, 0) is 19.5 Å². The fraction of sp³-hybridized carbons (Fsp3) is 0.517. The number of carbonyl (C=O) groups excluding carboxylic acids is 2. The molecular weight excluding hydrogens is 561 g/mol. The minimum atomic E-state index is -3.90. The number of hydrogen-bond donors (Lipinski definition) is 0. The van der Waals surface area contributed by atoms with Crippen LogP contribution in [0.5, 0.6) is 0 Å². The molecule has 0 unspecified atom stereocenters. The van der Waals surface area contributed by atoms with E-state index in [-0.39, 0.29) is 51.0 Å². The van der Waals surface area contributed by atoms with Crippen molar-refractivity contribution in [1.82, 2.24) is 4.31 Å². The third-order valence-corrected chi connectivity index (χ3v) is 12.5. The highest BCUT2D eigenvalue weighted by Gasteiger charge is 2.72. The molecule has 6 rings (SSSR count). The van der Waals surface area contributed by atoms with E-state index >= 15 is 0 Å². The predicted molar refractivity (Wildman–Crippen MR) is 147 cm³/mol. The summed E-state index contributed by atoms with van der Waals surface area (Å²) in [7, 11) is -3.90. The first-order chi connectivity index (χ1) is 18.5. The van der Waals surface area contributed by atoms with Gasteiger partial charge in [-0.1, -0.05) is 67.4 Å². The lowest BCUT2D eigenvalue weighted by molar-refractivity contribution is 0.0302. The van der Waals surface area contributed by atoms with E-state index in [1.807, 2.05) is 30.3 Å². The van der Waals surface area contributed by atoms with Crippen molar-refractivity contribution in [3.8, 4) is 0 Å². The Hall–Kier alpha value is -2.13. The Morgan fingerprint density at radius 1 is 1.08 bits per heavy atom. The van der Waals surface area contributed by atoms with E-state index < -0.39 is 33.4 Å². The average molecular weight is 593 g/mol. The topological polar surface area (TPSA) is 90.0 Å². The summed E-state index contributed by atoms with van der Waals surface area (Å²) in [6.07, 6.45) is 2.86. The smallest absolute Gasteiger partial charge is 0.339 e. The van der Waals surface area contributed by atoms with Crippen molar-refractivity contribution in [2.45, 2.75) is 51.7 Å². The molecule has 4 aliphatic rings. The fourth-order valence-electron chi connectivity index (χ4n) is 7.64. The van der Waals surface area contributed by atoms with Gasteiger partial charge in [0.25, 0.3) is 5.91 Å². The Labute approximate surface area is 238 Å². The number of ether oxygens (including phenoxy) is 2. The third kappa shape index (κ3) is 4.13. The van der Waals surface area contributed by atoms with Gasteiger partial charge in [0.15, 0.2) is 0 Å². The summed E-state index contributed by atoms with van der Waals surface area (Å²) in [6, 6.07) is 11.9. The number of hydrogen-bond acceptors (Lipinski definition) is 6. The van der Waals surface area contributed by atoms with Crippen LogP contribution in [0.25, 0.3) is 0 Å². The van der Waals surface area contributed by atoms with Crippen molar-refractivity contribution in [3.63, 3.8) is 0 Å². The molecule has 5 atom stereocenters. The predicted octanol–water partition coefficient (Wildman–Crippen LogP) is 5.91. The maximum atomic E-state index is 14.0. The van der Waals surface area contributed by atoms with Gasteiger partial charge in [-0.05, 0) is 54.7 Å². The van der Waals surface area contributed by atoms with Crippen LogP contribution in [0.2, 0.25) is 10.0 Å². The van der Waals surface area contributed by atoms with E-state index in [1.54, 1.807) is 0 Å². The Bertz CT molecular complexity index is 1450. The number of fused-ring (bicyclic) bond motifs is 1. The normalized spacial score (nSPS) is 31.8. The first kappa shape index (κ1) is 27.1. The van der Waals surface area contributed by atoms with Crippen molar-refractivity contribution in [1.29, 1.82) is 0 Å². The molecule has 1 spiro atoms.